The lowest BCUT2D eigenvalue weighted by molar-refractivity contribution is 0.0946. The molecule has 2 fully saturated rings. The van der Waals surface area contributed by atoms with Crippen molar-refractivity contribution in [1.29, 1.82) is 0 Å². The summed E-state index contributed by atoms with van der Waals surface area (Å²) in [5, 5.41) is 2.96. The van der Waals surface area contributed by atoms with Crippen LogP contribution in [-0.4, -0.2) is 104 Å². The average Bonchev–Trinajstić information content (AvgIpc) is 3.00. The van der Waals surface area contributed by atoms with Crippen molar-refractivity contribution in [2.24, 2.45) is 0 Å². The van der Waals surface area contributed by atoms with Gasteiger partial charge in [0.1, 0.15) is 11.5 Å². The van der Waals surface area contributed by atoms with Gasteiger partial charge in [0.05, 0.1) is 0 Å². The number of anilines is 1. The molecule has 0 unspecified atom stereocenters. The topological polar surface area (TPSA) is 55.0 Å². The highest BCUT2D eigenvalue weighted by atomic mass is 16.1. The number of amides is 1. The molecule has 3 heterocycles. The number of nitrogens with zero attached hydrogens (tertiary/aromatic N) is 5. The van der Waals surface area contributed by atoms with Crippen molar-refractivity contribution < 1.29 is 4.79 Å². The molecule has 0 aromatic carbocycles. The van der Waals surface area contributed by atoms with E-state index >= 15 is 0 Å². The molecule has 2 saturated heterocycles. The molecule has 1 aromatic heterocycles. The van der Waals surface area contributed by atoms with Crippen LogP contribution < -0.4 is 10.2 Å². The van der Waals surface area contributed by atoms with Crippen molar-refractivity contribution in [3.05, 3.63) is 23.9 Å². The van der Waals surface area contributed by atoms with E-state index in [0.29, 0.717) is 24.3 Å². The Morgan fingerprint density at radius 3 is 2.60 bits per heavy atom. The first-order valence-electron chi connectivity index (χ1n) is 11.6. The van der Waals surface area contributed by atoms with Crippen molar-refractivity contribution in [1.82, 2.24) is 25.0 Å². The SMILES string of the molecule is CC(C)N1CCC(N2CCCN(c3cccc(C(=O)NCCN(C)C)n3)CC2)CC1. The van der Waals surface area contributed by atoms with Gasteiger partial charge in [-0.15, -0.1) is 0 Å². The Balaban J connectivity index is 1.53. The molecule has 0 aliphatic carbocycles. The third-order valence-electron chi connectivity index (χ3n) is 6.41. The minimum Gasteiger partial charge on any atom is -0.355 e. The van der Waals surface area contributed by atoms with Crippen LogP contribution in [0.3, 0.4) is 0 Å². The van der Waals surface area contributed by atoms with Crippen LogP contribution >= 0.6 is 0 Å². The van der Waals surface area contributed by atoms with Gasteiger partial charge in [-0.05, 0) is 72.4 Å². The number of piperidine rings is 1. The van der Waals surface area contributed by atoms with Crippen LogP contribution in [0.1, 0.15) is 43.6 Å². The summed E-state index contributed by atoms with van der Waals surface area (Å²) < 4.78 is 0. The number of carbonyl (C=O) groups excluding carboxylic acids is 1. The van der Waals surface area contributed by atoms with Crippen LogP contribution in [0.25, 0.3) is 0 Å². The molecular formula is C23H40N6O. The number of likely N-dealkylation sites (tertiary alicyclic amines) is 1. The largest absolute Gasteiger partial charge is 0.355 e. The number of hydrogen-bond acceptors (Lipinski definition) is 6. The van der Waals surface area contributed by atoms with Gasteiger partial charge in [-0.1, -0.05) is 6.07 Å². The molecule has 30 heavy (non-hydrogen) atoms. The van der Waals surface area contributed by atoms with Gasteiger partial charge in [-0.25, -0.2) is 4.98 Å². The van der Waals surface area contributed by atoms with Crippen LogP contribution in [0.15, 0.2) is 18.2 Å². The van der Waals surface area contributed by atoms with Crippen molar-refractivity contribution in [3.8, 4) is 0 Å². The van der Waals surface area contributed by atoms with E-state index in [1.54, 1.807) is 6.07 Å². The van der Waals surface area contributed by atoms with Crippen molar-refractivity contribution in [3.63, 3.8) is 0 Å². The van der Waals surface area contributed by atoms with Crippen LogP contribution in [-0.2, 0) is 0 Å². The fourth-order valence-electron chi connectivity index (χ4n) is 4.51. The molecule has 1 amide bonds. The lowest BCUT2D eigenvalue weighted by Gasteiger charge is -2.39. The minimum absolute atomic E-state index is 0.0907. The predicted octanol–water partition coefficient (Wildman–Crippen LogP) is 1.76. The van der Waals surface area contributed by atoms with Gasteiger partial charge in [-0.3, -0.25) is 9.69 Å². The van der Waals surface area contributed by atoms with Crippen LogP contribution in [0.4, 0.5) is 5.82 Å². The molecule has 3 rings (SSSR count). The van der Waals surface area contributed by atoms with E-state index < -0.39 is 0 Å². The molecule has 1 N–H and O–H groups in total. The molecule has 7 nitrogen and oxygen atoms in total. The number of nitrogens with one attached hydrogen (secondary N) is 1. The second-order valence-corrected chi connectivity index (χ2v) is 9.18. The summed E-state index contributed by atoms with van der Waals surface area (Å²) in [5.41, 5.74) is 0.508. The van der Waals surface area contributed by atoms with Gasteiger partial charge < -0.3 is 20.0 Å². The monoisotopic (exact) mass is 416 g/mol. The standard InChI is InChI=1S/C23H40N6O/c1-19(2)27-14-9-20(10-15-27)28-12-6-13-29(18-17-28)22-8-5-7-21(25-22)23(30)24-11-16-26(3)4/h5,7-8,19-20H,6,9-18H2,1-4H3,(H,24,30). The van der Waals surface area contributed by atoms with E-state index in [1.807, 2.05) is 26.2 Å². The van der Waals surface area contributed by atoms with Gasteiger partial charge in [0.15, 0.2) is 0 Å². The zero-order valence-corrected chi connectivity index (χ0v) is 19.3. The number of rotatable bonds is 7. The van der Waals surface area contributed by atoms with Crippen molar-refractivity contribution in [2.45, 2.75) is 45.2 Å². The molecule has 0 spiro atoms. The molecular weight excluding hydrogens is 376 g/mol. The minimum atomic E-state index is -0.0907. The van der Waals surface area contributed by atoms with Gasteiger partial charge in [0.2, 0.25) is 0 Å². The third kappa shape index (κ3) is 6.40. The summed E-state index contributed by atoms with van der Waals surface area (Å²) in [5.74, 6) is 0.832. The Kier molecular flexibility index (Phi) is 8.48. The zero-order valence-electron chi connectivity index (χ0n) is 19.3. The summed E-state index contributed by atoms with van der Waals surface area (Å²) in [6, 6.07) is 7.16. The van der Waals surface area contributed by atoms with Crippen molar-refractivity contribution in [2.75, 3.05) is 71.4 Å². The second kappa shape index (κ2) is 11.1. The number of hydrogen-bond donors (Lipinski definition) is 1. The van der Waals surface area contributed by atoms with E-state index in [4.69, 9.17) is 0 Å². The van der Waals surface area contributed by atoms with E-state index in [9.17, 15) is 4.79 Å². The maximum Gasteiger partial charge on any atom is 0.270 e. The Labute approximate surface area is 182 Å². The fourth-order valence-corrected chi connectivity index (χ4v) is 4.51. The first kappa shape index (κ1) is 23.0. The van der Waals surface area contributed by atoms with E-state index in [0.717, 1.165) is 45.0 Å². The van der Waals surface area contributed by atoms with Gasteiger partial charge in [0, 0.05) is 51.4 Å². The first-order valence-corrected chi connectivity index (χ1v) is 11.6. The second-order valence-electron chi connectivity index (χ2n) is 9.18. The number of aromatic nitrogens is 1. The number of carbonyl (C=O) groups is 1. The molecule has 168 valence electrons. The van der Waals surface area contributed by atoms with Crippen LogP contribution in [0, 0.1) is 0 Å². The highest BCUT2D eigenvalue weighted by molar-refractivity contribution is 5.92. The van der Waals surface area contributed by atoms with Gasteiger partial charge in [-0.2, -0.15) is 0 Å². The molecule has 2 aliphatic heterocycles. The third-order valence-corrected chi connectivity index (χ3v) is 6.41. The molecule has 0 radical (unpaired) electrons. The smallest absolute Gasteiger partial charge is 0.270 e. The van der Waals surface area contributed by atoms with Crippen molar-refractivity contribution >= 4 is 11.7 Å². The summed E-state index contributed by atoms with van der Waals surface area (Å²) in [6.07, 6.45) is 3.70. The quantitative estimate of drug-likeness (QED) is 0.731. The lowest BCUT2D eigenvalue weighted by atomic mass is 10.0. The molecule has 2 aliphatic rings. The predicted molar refractivity (Wildman–Crippen MR) is 123 cm³/mol. The fraction of sp³-hybridized carbons (Fsp3) is 0.739. The Hall–Kier alpha value is -1.70. The first-order chi connectivity index (χ1) is 14.4. The zero-order chi connectivity index (χ0) is 21.5. The molecule has 0 atom stereocenters. The highest BCUT2D eigenvalue weighted by Gasteiger charge is 2.27. The summed E-state index contributed by atoms with van der Waals surface area (Å²) in [6.45, 7) is 12.7. The van der Waals surface area contributed by atoms with Gasteiger partial charge >= 0.3 is 0 Å². The lowest BCUT2D eigenvalue weighted by Crippen LogP contribution is -2.47. The Morgan fingerprint density at radius 1 is 1.13 bits per heavy atom. The average molecular weight is 417 g/mol. The number of pyridine rings is 1. The van der Waals surface area contributed by atoms with Crippen LogP contribution in [0.2, 0.25) is 0 Å². The van der Waals surface area contributed by atoms with E-state index in [2.05, 4.69) is 43.7 Å². The maximum atomic E-state index is 12.4. The summed E-state index contributed by atoms with van der Waals surface area (Å²) in [4.78, 5) is 26.8. The highest BCUT2D eigenvalue weighted by Crippen LogP contribution is 2.21. The summed E-state index contributed by atoms with van der Waals surface area (Å²) in [7, 11) is 4.00. The normalized spacial score (nSPS) is 20.0. The maximum absolute atomic E-state index is 12.4. The van der Waals surface area contributed by atoms with E-state index in [-0.39, 0.29) is 5.91 Å². The number of likely N-dealkylation sites (N-methyl/N-ethyl adjacent to an activating group) is 1. The Morgan fingerprint density at radius 2 is 1.90 bits per heavy atom. The van der Waals surface area contributed by atoms with Crippen LogP contribution in [0.5, 0.6) is 0 Å². The molecule has 1 aromatic rings. The van der Waals surface area contributed by atoms with Gasteiger partial charge in [0.25, 0.3) is 5.91 Å². The molecule has 7 heteroatoms. The molecule has 0 saturated carbocycles. The van der Waals surface area contributed by atoms with E-state index in [1.165, 1.54) is 25.9 Å². The summed E-state index contributed by atoms with van der Waals surface area (Å²) >= 11 is 0. The molecule has 0 bridgehead atoms. The Bertz CT molecular complexity index is 671.